The molecule has 2 fully saturated rings. The zero-order valence-corrected chi connectivity index (χ0v) is 32.4. The summed E-state index contributed by atoms with van der Waals surface area (Å²) in [6.07, 6.45) is 6.35. The molecule has 3 aliphatic carbocycles. The molecule has 0 aromatic heterocycles. The highest BCUT2D eigenvalue weighted by Gasteiger charge is 2.55. The highest BCUT2D eigenvalue weighted by Crippen LogP contribution is 2.73. The Morgan fingerprint density at radius 2 is 1.43 bits per heavy atom. The van der Waals surface area contributed by atoms with E-state index in [0.717, 1.165) is 18.6 Å². The maximum Gasteiger partial charge on any atom is 0.346 e. The van der Waals surface area contributed by atoms with Gasteiger partial charge in [0.2, 0.25) is 0 Å². The van der Waals surface area contributed by atoms with Gasteiger partial charge < -0.3 is 32.3 Å². The Balaban J connectivity index is 1.45. The number of aryl methyl sites for hydroxylation is 1. The second-order valence-corrected chi connectivity index (χ2v) is 19.8. The van der Waals surface area contributed by atoms with Gasteiger partial charge in [-0.25, -0.2) is 0 Å². The molecule has 4 rings (SSSR count). The van der Waals surface area contributed by atoms with E-state index in [0.29, 0.717) is 37.6 Å². The summed E-state index contributed by atoms with van der Waals surface area (Å²) in [5.41, 5.74) is 3.09. The van der Waals surface area contributed by atoms with Crippen LogP contribution in [0.3, 0.4) is 0 Å². The number of benzene rings is 1. The van der Waals surface area contributed by atoms with E-state index in [2.05, 4.69) is 25.1 Å². The quantitative estimate of drug-likeness (QED) is 0.0842. The smallest absolute Gasteiger partial charge is 0.346 e. The predicted octanol–water partition coefficient (Wildman–Crippen LogP) is 10.1. The fourth-order valence-electron chi connectivity index (χ4n) is 8.48. The third kappa shape index (κ3) is 9.33. The van der Waals surface area contributed by atoms with Gasteiger partial charge in [0.25, 0.3) is 0 Å². The fraction of sp³-hybridized carbons (Fsp3) is 0.833. The number of hydrogen-bond donors (Lipinski definition) is 0. The van der Waals surface area contributed by atoms with Crippen molar-refractivity contribution in [1.29, 1.82) is 0 Å². The summed E-state index contributed by atoms with van der Waals surface area (Å²) < 4.78 is 70.3. The molecule has 0 N–H and O–H groups in total. The van der Waals surface area contributed by atoms with Gasteiger partial charge in [0.1, 0.15) is 12.5 Å². The van der Waals surface area contributed by atoms with Crippen molar-refractivity contribution >= 4 is 15.2 Å². The second-order valence-electron chi connectivity index (χ2n) is 15.1. The van der Waals surface area contributed by atoms with Gasteiger partial charge in [0, 0.05) is 7.11 Å². The first-order valence-electron chi connectivity index (χ1n) is 17.9. The Kier molecular flexibility index (Phi) is 13.7. The Labute approximate surface area is 284 Å². The average molecular weight is 701 g/mol. The van der Waals surface area contributed by atoms with Gasteiger partial charge in [-0.15, -0.1) is 0 Å². The third-order valence-corrected chi connectivity index (χ3v) is 16.6. The normalized spacial score (nSPS) is 26.4. The van der Waals surface area contributed by atoms with Gasteiger partial charge in [-0.1, -0.05) is 13.0 Å². The summed E-state index contributed by atoms with van der Waals surface area (Å²) in [5, 5.41) is -1.08. The van der Waals surface area contributed by atoms with Crippen LogP contribution in [0.15, 0.2) is 18.2 Å². The maximum atomic E-state index is 14.4. The molecule has 0 bridgehead atoms. The highest BCUT2D eigenvalue weighted by molar-refractivity contribution is 7.72. The zero-order valence-electron chi connectivity index (χ0n) is 30.6. The molecule has 2 saturated carbocycles. The van der Waals surface area contributed by atoms with E-state index < -0.39 is 45.0 Å². The van der Waals surface area contributed by atoms with E-state index in [4.69, 9.17) is 32.3 Å². The van der Waals surface area contributed by atoms with Crippen molar-refractivity contribution in [3.8, 4) is 5.75 Å². The predicted molar refractivity (Wildman–Crippen MR) is 186 cm³/mol. The number of ether oxygens (including phenoxy) is 3. The van der Waals surface area contributed by atoms with Gasteiger partial charge in [-0.2, -0.15) is 0 Å². The summed E-state index contributed by atoms with van der Waals surface area (Å²) in [6.45, 7) is 17.5. The summed E-state index contributed by atoms with van der Waals surface area (Å²) in [6, 6.07) is 6.58. The van der Waals surface area contributed by atoms with Crippen LogP contribution in [0.25, 0.3) is 0 Å². The van der Waals surface area contributed by atoms with Crippen LogP contribution in [0.1, 0.15) is 124 Å². The molecule has 1 unspecified atom stereocenters. The Morgan fingerprint density at radius 3 is 1.98 bits per heavy atom. The fourth-order valence-corrected chi connectivity index (χ4v) is 14.5. The largest absolute Gasteiger partial charge is 0.494 e. The van der Waals surface area contributed by atoms with Crippen molar-refractivity contribution in [3.05, 3.63) is 29.3 Å². The minimum atomic E-state index is -3.92. The summed E-state index contributed by atoms with van der Waals surface area (Å²) in [7, 11) is -6.15. The van der Waals surface area contributed by atoms with Gasteiger partial charge in [-0.05, 0) is 153 Å². The van der Waals surface area contributed by atoms with Crippen molar-refractivity contribution in [3.63, 3.8) is 0 Å². The topological polar surface area (TPSA) is 98.8 Å². The van der Waals surface area contributed by atoms with Gasteiger partial charge >= 0.3 is 15.2 Å². The lowest BCUT2D eigenvalue weighted by Gasteiger charge is -2.50. The molecule has 0 heterocycles. The van der Waals surface area contributed by atoms with Crippen LogP contribution in [0.4, 0.5) is 0 Å². The molecule has 47 heavy (non-hydrogen) atoms. The highest BCUT2D eigenvalue weighted by atomic mass is 31.2. The molecule has 1 aromatic rings. The molecular weight excluding hydrogens is 638 g/mol. The first-order valence-corrected chi connectivity index (χ1v) is 21.1. The van der Waals surface area contributed by atoms with Crippen LogP contribution in [0, 0.1) is 17.3 Å². The molecule has 0 aliphatic heterocycles. The Bertz CT molecular complexity index is 1180. The molecule has 3 aliphatic rings. The number of fused-ring (bicyclic) bond motifs is 5. The van der Waals surface area contributed by atoms with Crippen molar-refractivity contribution < 1.29 is 41.4 Å². The maximum absolute atomic E-state index is 14.4. The first kappa shape index (κ1) is 39.0. The lowest BCUT2D eigenvalue weighted by Crippen LogP contribution is -2.44. The molecule has 9 nitrogen and oxygen atoms in total. The van der Waals surface area contributed by atoms with Crippen molar-refractivity contribution in [2.45, 2.75) is 156 Å². The second kappa shape index (κ2) is 16.5. The van der Waals surface area contributed by atoms with Crippen LogP contribution in [-0.4, -0.2) is 56.4 Å². The van der Waals surface area contributed by atoms with E-state index in [-0.39, 0.29) is 17.9 Å². The van der Waals surface area contributed by atoms with E-state index in [9.17, 15) is 9.13 Å². The van der Waals surface area contributed by atoms with E-state index >= 15 is 0 Å². The van der Waals surface area contributed by atoms with Crippen LogP contribution in [0.2, 0.25) is 0 Å². The first-order chi connectivity index (χ1) is 22.1. The monoisotopic (exact) mass is 700 g/mol. The molecule has 0 radical (unpaired) electrons. The van der Waals surface area contributed by atoms with Gasteiger partial charge in [0.05, 0.1) is 37.1 Å². The van der Waals surface area contributed by atoms with Crippen molar-refractivity contribution in [1.82, 2.24) is 0 Å². The molecule has 270 valence electrons. The summed E-state index contributed by atoms with van der Waals surface area (Å²) in [4.78, 5) is 0. The van der Waals surface area contributed by atoms with E-state index in [1.807, 2.05) is 0 Å². The molecular formula is C36H62O9P2. The standard InChI is InChI=1S/C36H62O9P2/c1-24(2)42-46(37,43-25(3)4)35(47(38,44-26(5)6)45-27(7)8)12-11-21-40-29-14-16-30-28(22-29)13-15-32-31(30)19-20-36(9)33(32)17-18-34(36)41-23-39-10/h14,16,22,24-27,31-35H,11-13,15,17-21,23H2,1-10H3/t31-,32-,33+,34?,36+/m1/s1. The SMILES string of the molecule is COCOC1CC[C@H]2[C@@H]3CCc4cc(OCCCC(P(=O)(OC(C)C)OC(C)C)P(=O)(OC(C)C)OC(C)C)ccc4[C@H]3CC[C@]12C. The summed E-state index contributed by atoms with van der Waals surface area (Å²) in [5.74, 6) is 2.79. The van der Waals surface area contributed by atoms with E-state index in [1.54, 1.807) is 62.5 Å². The minimum Gasteiger partial charge on any atom is -0.494 e. The van der Waals surface area contributed by atoms with Crippen molar-refractivity contribution in [2.75, 3.05) is 20.5 Å². The van der Waals surface area contributed by atoms with Gasteiger partial charge in [0.15, 0.2) is 5.40 Å². The molecule has 0 saturated heterocycles. The number of hydrogen-bond acceptors (Lipinski definition) is 9. The lowest BCUT2D eigenvalue weighted by molar-refractivity contribution is -0.125. The van der Waals surface area contributed by atoms with Crippen LogP contribution in [0.5, 0.6) is 5.75 Å². The number of methoxy groups -OCH3 is 1. The molecule has 11 heteroatoms. The Morgan fingerprint density at radius 1 is 0.830 bits per heavy atom. The van der Waals surface area contributed by atoms with Crippen LogP contribution in [-0.2, 0) is 43.1 Å². The summed E-state index contributed by atoms with van der Waals surface area (Å²) >= 11 is 0. The molecule has 1 aromatic carbocycles. The molecule has 0 amide bonds. The zero-order chi connectivity index (χ0) is 34.6. The van der Waals surface area contributed by atoms with Gasteiger partial charge in [-0.3, -0.25) is 9.13 Å². The third-order valence-electron chi connectivity index (χ3n) is 10.0. The van der Waals surface area contributed by atoms with E-state index in [1.165, 1.54) is 36.8 Å². The minimum absolute atomic E-state index is 0.229. The molecule has 0 spiro atoms. The van der Waals surface area contributed by atoms with Crippen LogP contribution >= 0.6 is 15.2 Å². The van der Waals surface area contributed by atoms with Crippen LogP contribution < -0.4 is 4.74 Å². The van der Waals surface area contributed by atoms with Crippen molar-refractivity contribution in [2.24, 2.45) is 17.3 Å². The molecule has 5 atom stereocenters. The lowest BCUT2D eigenvalue weighted by atomic mass is 9.55. The average Bonchev–Trinajstić information content (AvgIpc) is 3.29. The Hall–Kier alpha value is -0.760. The number of rotatable bonds is 18.